The van der Waals surface area contributed by atoms with Crippen molar-refractivity contribution in [2.75, 3.05) is 0 Å². The average Bonchev–Trinajstić information content (AvgIpc) is 3.25. The first-order valence-electron chi connectivity index (χ1n) is 8.17. The minimum Gasteiger partial charge on any atom is -0.339 e. The molecule has 1 aliphatic rings. The molecule has 26 heavy (non-hydrogen) atoms. The third kappa shape index (κ3) is 3.19. The Kier molecular flexibility index (Phi) is 4.41. The number of nitrogens with zero attached hydrogens (tertiary/aromatic N) is 4. The van der Waals surface area contributed by atoms with Gasteiger partial charge in [0.15, 0.2) is 16.9 Å². The van der Waals surface area contributed by atoms with Crippen LogP contribution in [-0.2, 0) is 10.0 Å². The molecule has 2 aromatic heterocycles. The molecule has 1 aromatic carbocycles. The maximum absolute atomic E-state index is 12.8. The lowest BCUT2D eigenvalue weighted by molar-refractivity contribution is 0.294. The third-order valence-electron chi connectivity index (χ3n) is 4.56. The van der Waals surface area contributed by atoms with Gasteiger partial charge in [0, 0.05) is 12.0 Å². The number of rotatable bonds is 4. The maximum atomic E-state index is 12.8. The van der Waals surface area contributed by atoms with Gasteiger partial charge in [-0.3, -0.25) is 0 Å². The van der Waals surface area contributed by atoms with Crippen molar-refractivity contribution in [3.05, 3.63) is 28.9 Å². The quantitative estimate of drug-likeness (QED) is 0.712. The van der Waals surface area contributed by atoms with E-state index in [9.17, 15) is 8.42 Å². The number of aromatic nitrogens is 4. The Morgan fingerprint density at radius 3 is 2.54 bits per heavy atom. The Bertz CT molecular complexity index is 1040. The number of fused-ring (bicyclic) bond motifs is 1. The van der Waals surface area contributed by atoms with E-state index in [-0.39, 0.29) is 32.9 Å². The summed E-state index contributed by atoms with van der Waals surface area (Å²) in [5.74, 6) is 1.40. The summed E-state index contributed by atoms with van der Waals surface area (Å²) in [6, 6.07) is 2.70. The fraction of sp³-hybridized carbons (Fsp3) is 0.467. The summed E-state index contributed by atoms with van der Waals surface area (Å²) in [6.07, 6.45) is 2.91. The molecule has 0 aliphatic heterocycles. The van der Waals surface area contributed by atoms with E-state index in [1.165, 1.54) is 12.1 Å². The van der Waals surface area contributed by atoms with Gasteiger partial charge in [0.05, 0.1) is 5.02 Å². The van der Waals surface area contributed by atoms with E-state index in [4.69, 9.17) is 16.1 Å². The minimum atomic E-state index is -3.77. The number of nitrogens with one attached hydrogen (secondary N) is 1. The third-order valence-corrected chi connectivity index (χ3v) is 6.42. The lowest BCUT2D eigenvalue weighted by Gasteiger charge is -2.26. The van der Waals surface area contributed by atoms with Crippen LogP contribution in [0.1, 0.15) is 43.3 Å². The standard InChI is InChI=1S/C15H16ClN5O4S/c1-8-17-15(24-18-8)9-2-4-10(5-3-9)21-26(22,23)12-7-6-11(16)13-14(12)20-25-19-13/h6-7,9-10,21H,2-5H2,1H3. The van der Waals surface area contributed by atoms with Gasteiger partial charge in [0.1, 0.15) is 4.90 Å². The van der Waals surface area contributed by atoms with Crippen molar-refractivity contribution in [3.63, 3.8) is 0 Å². The van der Waals surface area contributed by atoms with Crippen LogP contribution in [0.4, 0.5) is 0 Å². The molecular formula is C15H16ClN5O4S. The second-order valence-corrected chi connectivity index (χ2v) is 8.45. The zero-order valence-electron chi connectivity index (χ0n) is 13.8. The van der Waals surface area contributed by atoms with Gasteiger partial charge in [-0.15, -0.1) is 0 Å². The van der Waals surface area contributed by atoms with Gasteiger partial charge in [-0.05, 0) is 55.1 Å². The monoisotopic (exact) mass is 397 g/mol. The molecule has 0 unspecified atom stereocenters. The lowest BCUT2D eigenvalue weighted by Crippen LogP contribution is -2.37. The minimum absolute atomic E-state index is 0.00722. The molecule has 1 N–H and O–H groups in total. The molecule has 138 valence electrons. The molecule has 0 radical (unpaired) electrons. The van der Waals surface area contributed by atoms with Gasteiger partial charge in [0.25, 0.3) is 0 Å². The van der Waals surface area contributed by atoms with E-state index < -0.39 is 10.0 Å². The second-order valence-electron chi connectivity index (χ2n) is 6.36. The summed E-state index contributed by atoms with van der Waals surface area (Å²) in [5, 5.41) is 11.4. The Morgan fingerprint density at radius 1 is 1.12 bits per heavy atom. The van der Waals surface area contributed by atoms with Crippen LogP contribution in [0.25, 0.3) is 11.0 Å². The molecule has 1 saturated carbocycles. The summed E-state index contributed by atoms with van der Waals surface area (Å²) in [7, 11) is -3.77. The van der Waals surface area contributed by atoms with Crippen LogP contribution < -0.4 is 4.72 Å². The van der Waals surface area contributed by atoms with Crippen molar-refractivity contribution in [2.24, 2.45) is 0 Å². The van der Waals surface area contributed by atoms with Gasteiger partial charge < -0.3 is 4.52 Å². The first-order valence-corrected chi connectivity index (χ1v) is 10.0. The Hall–Kier alpha value is -2.04. The fourth-order valence-electron chi connectivity index (χ4n) is 3.25. The Balaban J connectivity index is 1.48. The highest BCUT2D eigenvalue weighted by Crippen LogP contribution is 2.33. The summed E-state index contributed by atoms with van der Waals surface area (Å²) < 4.78 is 38.1. The predicted molar refractivity (Wildman–Crippen MR) is 91.2 cm³/mol. The number of hydrogen-bond acceptors (Lipinski definition) is 8. The average molecular weight is 398 g/mol. The predicted octanol–water partition coefficient (Wildman–Crippen LogP) is 2.57. The van der Waals surface area contributed by atoms with Gasteiger partial charge >= 0.3 is 0 Å². The fourth-order valence-corrected chi connectivity index (χ4v) is 4.87. The topological polar surface area (TPSA) is 124 Å². The molecule has 3 aromatic rings. The molecule has 2 heterocycles. The number of benzene rings is 1. The molecule has 0 saturated heterocycles. The van der Waals surface area contributed by atoms with Crippen molar-refractivity contribution >= 4 is 32.7 Å². The normalized spacial score (nSPS) is 21.3. The van der Waals surface area contributed by atoms with E-state index in [1.807, 2.05) is 0 Å². The number of aryl methyl sites for hydroxylation is 1. The molecule has 0 spiro atoms. The van der Waals surface area contributed by atoms with Crippen molar-refractivity contribution in [1.29, 1.82) is 0 Å². The number of hydrogen-bond donors (Lipinski definition) is 1. The van der Waals surface area contributed by atoms with Gasteiger partial charge in [-0.1, -0.05) is 16.8 Å². The summed E-state index contributed by atoms with van der Waals surface area (Å²) in [5.41, 5.74) is 0.352. The Labute approximate surface area is 154 Å². The maximum Gasteiger partial charge on any atom is 0.243 e. The number of sulfonamides is 1. The molecule has 9 nitrogen and oxygen atoms in total. The van der Waals surface area contributed by atoms with Crippen LogP contribution in [0, 0.1) is 6.92 Å². The largest absolute Gasteiger partial charge is 0.339 e. The van der Waals surface area contributed by atoms with E-state index in [0.29, 0.717) is 24.6 Å². The molecule has 0 atom stereocenters. The molecule has 0 amide bonds. The zero-order chi connectivity index (χ0) is 18.3. The molecular weight excluding hydrogens is 382 g/mol. The van der Waals surface area contributed by atoms with Gasteiger partial charge in [0.2, 0.25) is 15.9 Å². The zero-order valence-corrected chi connectivity index (χ0v) is 15.4. The Morgan fingerprint density at radius 2 is 1.85 bits per heavy atom. The van der Waals surface area contributed by atoms with E-state index in [0.717, 1.165) is 12.8 Å². The molecule has 4 rings (SSSR count). The molecule has 1 aliphatic carbocycles. The molecule has 11 heteroatoms. The van der Waals surface area contributed by atoms with Gasteiger partial charge in [-0.2, -0.15) is 4.98 Å². The highest BCUT2D eigenvalue weighted by molar-refractivity contribution is 7.89. The van der Waals surface area contributed by atoms with Crippen LogP contribution >= 0.6 is 11.6 Å². The number of halogens is 1. The van der Waals surface area contributed by atoms with E-state index >= 15 is 0 Å². The lowest BCUT2D eigenvalue weighted by atomic mass is 9.86. The van der Waals surface area contributed by atoms with Crippen LogP contribution in [0.2, 0.25) is 5.02 Å². The molecule has 1 fully saturated rings. The summed E-state index contributed by atoms with van der Waals surface area (Å²) in [6.45, 7) is 1.78. The van der Waals surface area contributed by atoms with Crippen LogP contribution in [0.15, 0.2) is 26.2 Å². The van der Waals surface area contributed by atoms with Crippen molar-refractivity contribution in [3.8, 4) is 0 Å². The van der Waals surface area contributed by atoms with E-state index in [2.05, 4.69) is 29.8 Å². The van der Waals surface area contributed by atoms with Crippen molar-refractivity contribution in [2.45, 2.75) is 49.5 Å². The first-order chi connectivity index (χ1) is 12.4. The van der Waals surface area contributed by atoms with Crippen LogP contribution in [0.5, 0.6) is 0 Å². The van der Waals surface area contributed by atoms with Crippen LogP contribution in [0.3, 0.4) is 0 Å². The van der Waals surface area contributed by atoms with E-state index in [1.54, 1.807) is 6.92 Å². The summed E-state index contributed by atoms with van der Waals surface area (Å²) >= 11 is 5.99. The summed E-state index contributed by atoms with van der Waals surface area (Å²) in [4.78, 5) is 4.27. The first kappa shape index (κ1) is 17.4. The van der Waals surface area contributed by atoms with Crippen molar-refractivity contribution < 1.29 is 17.6 Å². The smallest absolute Gasteiger partial charge is 0.243 e. The van der Waals surface area contributed by atoms with Gasteiger partial charge in [-0.25, -0.2) is 17.8 Å². The van der Waals surface area contributed by atoms with Crippen LogP contribution in [-0.4, -0.2) is 34.9 Å². The van der Waals surface area contributed by atoms with Crippen molar-refractivity contribution in [1.82, 2.24) is 25.2 Å². The highest BCUT2D eigenvalue weighted by Gasteiger charge is 2.30. The second kappa shape index (κ2) is 6.60. The molecule has 0 bridgehead atoms. The SMILES string of the molecule is Cc1noc(C2CCC(NS(=O)(=O)c3ccc(Cl)c4nonc34)CC2)n1. The highest BCUT2D eigenvalue weighted by atomic mass is 35.5.